The van der Waals surface area contributed by atoms with Crippen molar-refractivity contribution in [1.29, 1.82) is 0 Å². The van der Waals surface area contributed by atoms with E-state index in [1.807, 2.05) is 24.3 Å². The van der Waals surface area contributed by atoms with Crippen LogP contribution in [0.25, 0.3) is 11.0 Å². The Kier molecular flexibility index (Phi) is 7.13. The summed E-state index contributed by atoms with van der Waals surface area (Å²) in [4.78, 5) is 42.3. The van der Waals surface area contributed by atoms with E-state index in [-0.39, 0.29) is 6.04 Å². The molecule has 1 amide bonds. The average Bonchev–Trinajstić information content (AvgIpc) is 3.12. The second-order valence-electron chi connectivity index (χ2n) is 7.57. The van der Waals surface area contributed by atoms with Gasteiger partial charge in [-0.3, -0.25) is 9.59 Å². The molecule has 0 bridgehead atoms. The third-order valence-corrected chi connectivity index (χ3v) is 4.78. The number of carbonyl (C=O) groups is 3. The number of fused-ring (bicyclic) bond motifs is 1. The van der Waals surface area contributed by atoms with Crippen molar-refractivity contribution >= 4 is 34.8 Å². The molecule has 0 saturated carbocycles. The molecule has 9 nitrogen and oxygen atoms in total. The number of carboxylic acids is 2. The predicted octanol–water partition coefficient (Wildman–Crippen LogP) is 2.39. The van der Waals surface area contributed by atoms with Crippen molar-refractivity contribution in [3.05, 3.63) is 24.3 Å². The first-order chi connectivity index (χ1) is 14.3. The van der Waals surface area contributed by atoms with Crippen molar-refractivity contribution in [2.75, 3.05) is 18.0 Å². The molecule has 170 valence electrons. The SMILES string of the molecule is CC(C)(C(=O)O)C(=O)NC1CCCN(c2nc3ccccc3[nH]2)C1.O=C(O)C(F)(F)F. The van der Waals surface area contributed by atoms with E-state index in [0.29, 0.717) is 6.54 Å². The van der Waals surface area contributed by atoms with Gasteiger partial charge < -0.3 is 25.4 Å². The zero-order valence-electron chi connectivity index (χ0n) is 16.9. The summed E-state index contributed by atoms with van der Waals surface area (Å²) in [7, 11) is 0. The Bertz CT molecular complexity index is 924. The zero-order valence-corrected chi connectivity index (χ0v) is 16.9. The van der Waals surface area contributed by atoms with Gasteiger partial charge in [0.2, 0.25) is 11.9 Å². The summed E-state index contributed by atoms with van der Waals surface area (Å²) in [5, 5.41) is 19.2. The van der Waals surface area contributed by atoms with Crippen LogP contribution in [0, 0.1) is 5.41 Å². The fraction of sp³-hybridized carbons (Fsp3) is 0.474. The monoisotopic (exact) mass is 444 g/mol. The van der Waals surface area contributed by atoms with Gasteiger partial charge >= 0.3 is 18.1 Å². The number of H-pyrrole nitrogens is 1. The molecule has 2 heterocycles. The van der Waals surface area contributed by atoms with Gasteiger partial charge in [-0.25, -0.2) is 9.78 Å². The highest BCUT2D eigenvalue weighted by Gasteiger charge is 2.38. The van der Waals surface area contributed by atoms with Crippen LogP contribution in [0.2, 0.25) is 0 Å². The van der Waals surface area contributed by atoms with Crippen LogP contribution in [0.1, 0.15) is 26.7 Å². The number of amides is 1. The minimum atomic E-state index is -5.08. The van der Waals surface area contributed by atoms with Crippen LogP contribution in [0.5, 0.6) is 0 Å². The fourth-order valence-corrected chi connectivity index (χ4v) is 2.84. The summed E-state index contributed by atoms with van der Waals surface area (Å²) in [6.07, 6.45) is -3.34. The van der Waals surface area contributed by atoms with Gasteiger partial charge in [-0.15, -0.1) is 0 Å². The van der Waals surface area contributed by atoms with Crippen LogP contribution < -0.4 is 10.2 Å². The Morgan fingerprint density at radius 1 is 1.16 bits per heavy atom. The summed E-state index contributed by atoms with van der Waals surface area (Å²) >= 11 is 0. The number of halogens is 3. The molecule has 1 saturated heterocycles. The molecule has 1 unspecified atom stereocenters. The molecule has 4 N–H and O–H groups in total. The number of hydrogen-bond donors (Lipinski definition) is 4. The Balaban J connectivity index is 0.000000423. The number of anilines is 1. The van der Waals surface area contributed by atoms with E-state index in [1.54, 1.807) is 0 Å². The van der Waals surface area contributed by atoms with E-state index in [0.717, 1.165) is 36.4 Å². The molecule has 31 heavy (non-hydrogen) atoms. The molecular weight excluding hydrogens is 421 g/mol. The molecule has 0 aliphatic carbocycles. The minimum Gasteiger partial charge on any atom is -0.480 e. The fourth-order valence-electron chi connectivity index (χ4n) is 2.84. The first-order valence-electron chi connectivity index (χ1n) is 9.36. The van der Waals surface area contributed by atoms with Crippen molar-refractivity contribution < 1.29 is 37.8 Å². The molecule has 3 rings (SSSR count). The molecule has 12 heteroatoms. The van der Waals surface area contributed by atoms with Gasteiger partial charge in [-0.1, -0.05) is 12.1 Å². The number of nitrogens with zero attached hydrogens (tertiary/aromatic N) is 2. The van der Waals surface area contributed by atoms with E-state index >= 15 is 0 Å². The number of aromatic nitrogens is 2. The lowest BCUT2D eigenvalue weighted by atomic mass is 9.91. The first-order valence-corrected chi connectivity index (χ1v) is 9.36. The Hall–Kier alpha value is -3.31. The first kappa shape index (κ1) is 24.0. The van der Waals surface area contributed by atoms with Gasteiger partial charge in [0.15, 0.2) is 0 Å². The van der Waals surface area contributed by atoms with Gasteiger partial charge in [-0.2, -0.15) is 13.2 Å². The highest BCUT2D eigenvalue weighted by molar-refractivity contribution is 6.01. The second kappa shape index (κ2) is 9.23. The van der Waals surface area contributed by atoms with Crippen LogP contribution in [0.4, 0.5) is 19.1 Å². The number of nitrogens with one attached hydrogen (secondary N) is 2. The van der Waals surface area contributed by atoms with E-state index in [9.17, 15) is 22.8 Å². The van der Waals surface area contributed by atoms with E-state index in [4.69, 9.17) is 15.0 Å². The molecule has 1 fully saturated rings. The maximum atomic E-state index is 12.2. The second-order valence-corrected chi connectivity index (χ2v) is 7.57. The number of benzene rings is 1. The van der Waals surface area contributed by atoms with Gasteiger partial charge in [0.05, 0.1) is 11.0 Å². The highest BCUT2D eigenvalue weighted by atomic mass is 19.4. The van der Waals surface area contributed by atoms with Crippen molar-refractivity contribution in [2.24, 2.45) is 5.41 Å². The van der Waals surface area contributed by atoms with Crippen molar-refractivity contribution in [3.63, 3.8) is 0 Å². The zero-order chi connectivity index (χ0) is 23.4. The standard InChI is InChI=1S/C17H22N4O3.C2HF3O2/c1-17(2,15(23)24)14(22)18-11-6-5-9-21(10-11)16-19-12-7-3-4-8-13(12)20-16;3-2(4,5)1(6)7/h3-4,7-8,11H,5-6,9-10H2,1-2H3,(H,18,22)(H,19,20)(H,23,24);(H,6,7). The summed E-state index contributed by atoms with van der Waals surface area (Å²) in [5.74, 6) is -3.54. The average molecular weight is 444 g/mol. The summed E-state index contributed by atoms with van der Waals surface area (Å²) in [6.45, 7) is 4.31. The van der Waals surface area contributed by atoms with Crippen LogP contribution in [-0.2, 0) is 14.4 Å². The Morgan fingerprint density at radius 3 is 2.32 bits per heavy atom. The maximum absolute atomic E-state index is 12.2. The number of imidazole rings is 1. The lowest BCUT2D eigenvalue weighted by Crippen LogP contribution is -2.52. The number of para-hydroxylation sites is 2. The van der Waals surface area contributed by atoms with Crippen molar-refractivity contribution in [2.45, 2.75) is 38.9 Å². The molecule has 0 spiro atoms. The number of alkyl halides is 3. The number of carboxylic acid groups (broad SMARTS) is 2. The van der Waals surface area contributed by atoms with Gasteiger partial charge in [-0.05, 0) is 38.8 Å². The summed E-state index contributed by atoms with van der Waals surface area (Å²) < 4.78 is 31.7. The molecular formula is C19H23F3N4O5. The largest absolute Gasteiger partial charge is 0.490 e. The lowest BCUT2D eigenvalue weighted by molar-refractivity contribution is -0.192. The number of carbonyl (C=O) groups excluding carboxylic acids is 1. The molecule has 1 aliphatic heterocycles. The molecule has 1 aromatic carbocycles. The third kappa shape index (κ3) is 6.09. The van der Waals surface area contributed by atoms with Gasteiger partial charge in [0, 0.05) is 19.1 Å². The topological polar surface area (TPSA) is 136 Å². The van der Waals surface area contributed by atoms with Crippen molar-refractivity contribution in [3.8, 4) is 0 Å². The number of rotatable bonds is 4. The van der Waals surface area contributed by atoms with Crippen molar-refractivity contribution in [1.82, 2.24) is 15.3 Å². The molecule has 1 atom stereocenters. The van der Waals surface area contributed by atoms with Crippen LogP contribution >= 0.6 is 0 Å². The van der Waals surface area contributed by atoms with Crippen LogP contribution in [-0.4, -0.2) is 63.3 Å². The minimum absolute atomic E-state index is 0.0851. The number of aliphatic carboxylic acids is 2. The van der Waals surface area contributed by atoms with Crippen LogP contribution in [0.15, 0.2) is 24.3 Å². The quantitative estimate of drug-likeness (QED) is 0.532. The number of hydrogen-bond acceptors (Lipinski definition) is 5. The summed E-state index contributed by atoms with van der Waals surface area (Å²) in [5.41, 5.74) is 0.457. The Labute approximate surface area is 175 Å². The third-order valence-electron chi connectivity index (χ3n) is 4.78. The van der Waals surface area contributed by atoms with Crippen LogP contribution in [0.3, 0.4) is 0 Å². The predicted molar refractivity (Wildman–Crippen MR) is 105 cm³/mol. The molecule has 2 aromatic rings. The lowest BCUT2D eigenvalue weighted by Gasteiger charge is -2.34. The Morgan fingerprint density at radius 2 is 1.77 bits per heavy atom. The highest BCUT2D eigenvalue weighted by Crippen LogP contribution is 2.22. The smallest absolute Gasteiger partial charge is 0.480 e. The normalized spacial score (nSPS) is 16.9. The van der Waals surface area contributed by atoms with Gasteiger partial charge in [0.25, 0.3) is 0 Å². The number of aromatic amines is 1. The van der Waals surface area contributed by atoms with E-state index < -0.39 is 29.4 Å². The van der Waals surface area contributed by atoms with E-state index in [1.165, 1.54) is 13.8 Å². The van der Waals surface area contributed by atoms with E-state index in [2.05, 4.69) is 20.2 Å². The molecule has 1 aliphatic rings. The van der Waals surface area contributed by atoms with Gasteiger partial charge in [0.1, 0.15) is 5.41 Å². The molecule has 1 aromatic heterocycles. The maximum Gasteiger partial charge on any atom is 0.490 e. The molecule has 0 radical (unpaired) electrons. The number of piperidine rings is 1. The summed E-state index contributed by atoms with van der Waals surface area (Å²) in [6, 6.07) is 7.74.